The maximum absolute atomic E-state index is 12.7. The Morgan fingerprint density at radius 2 is 1.66 bits per heavy atom. The smallest absolute Gasteiger partial charge is 0.406 e. The Bertz CT molecular complexity index is 1050. The summed E-state index contributed by atoms with van der Waals surface area (Å²) in [4.78, 5) is 13.7. The van der Waals surface area contributed by atoms with Crippen LogP contribution in [0.3, 0.4) is 0 Å². The predicted molar refractivity (Wildman–Crippen MR) is 99.4 cm³/mol. The molecule has 6 nitrogen and oxygen atoms in total. The molecule has 0 radical (unpaired) electrons. The number of amides is 1. The Labute approximate surface area is 165 Å². The second-order valence-corrected chi connectivity index (χ2v) is 8.60. The summed E-state index contributed by atoms with van der Waals surface area (Å²) in [5, 5.41) is 0. The molecular weight excluding hydrogens is 409 g/mol. The van der Waals surface area contributed by atoms with Crippen molar-refractivity contribution in [3.8, 4) is 5.75 Å². The number of carbonyl (C=O) groups is 1. The molecular formula is C19H17F3N2O4S. The van der Waals surface area contributed by atoms with E-state index in [4.69, 9.17) is 0 Å². The quantitative estimate of drug-likeness (QED) is 0.811. The molecule has 0 saturated heterocycles. The van der Waals surface area contributed by atoms with E-state index in [1.807, 2.05) is 0 Å². The van der Waals surface area contributed by atoms with E-state index >= 15 is 0 Å². The number of hydrogen-bond acceptors (Lipinski definition) is 4. The summed E-state index contributed by atoms with van der Waals surface area (Å²) >= 11 is 0. The van der Waals surface area contributed by atoms with Crippen molar-refractivity contribution >= 4 is 27.3 Å². The highest BCUT2D eigenvalue weighted by Gasteiger charge is 2.32. The summed E-state index contributed by atoms with van der Waals surface area (Å²) in [5.41, 5.74) is 3.07. The van der Waals surface area contributed by atoms with Crippen molar-refractivity contribution in [2.24, 2.45) is 0 Å². The van der Waals surface area contributed by atoms with Crippen molar-refractivity contribution in [1.82, 2.24) is 0 Å². The van der Waals surface area contributed by atoms with Crippen LogP contribution in [0.5, 0.6) is 5.75 Å². The van der Waals surface area contributed by atoms with E-state index in [1.165, 1.54) is 0 Å². The molecule has 0 spiro atoms. The van der Waals surface area contributed by atoms with E-state index in [-0.39, 0.29) is 10.8 Å². The third-order valence-electron chi connectivity index (χ3n) is 4.89. The molecule has 0 atom stereocenters. The van der Waals surface area contributed by atoms with E-state index in [9.17, 15) is 26.4 Å². The number of carbonyl (C=O) groups excluding carboxylic acids is 1. The number of sulfonamides is 1. The minimum atomic E-state index is -4.85. The zero-order chi connectivity index (χ0) is 20.8. The molecule has 4 rings (SSSR count). The van der Waals surface area contributed by atoms with Crippen LogP contribution in [-0.4, -0.2) is 27.2 Å². The molecule has 1 N–H and O–H groups in total. The fourth-order valence-corrected chi connectivity index (χ4v) is 4.79. The number of aryl methyl sites for hydroxylation is 2. The van der Waals surface area contributed by atoms with Crippen LogP contribution in [0.25, 0.3) is 0 Å². The number of anilines is 2. The van der Waals surface area contributed by atoms with Crippen molar-refractivity contribution in [2.45, 2.75) is 36.9 Å². The summed E-state index contributed by atoms with van der Waals surface area (Å²) in [6, 6.07) is 7.41. The van der Waals surface area contributed by atoms with Crippen molar-refractivity contribution in [3.63, 3.8) is 0 Å². The Morgan fingerprint density at radius 1 is 1.00 bits per heavy atom. The van der Waals surface area contributed by atoms with Gasteiger partial charge in [-0.15, -0.1) is 13.2 Å². The van der Waals surface area contributed by atoms with Gasteiger partial charge in [0.15, 0.2) is 0 Å². The summed E-state index contributed by atoms with van der Waals surface area (Å²) in [7, 11) is -4.00. The van der Waals surface area contributed by atoms with Gasteiger partial charge in [0.25, 0.3) is 10.0 Å². The highest BCUT2D eigenvalue weighted by atomic mass is 32.2. The average molecular weight is 426 g/mol. The molecule has 0 saturated carbocycles. The summed E-state index contributed by atoms with van der Waals surface area (Å²) in [6.07, 6.45) is -2.39. The first kappa shape index (κ1) is 19.6. The topological polar surface area (TPSA) is 75.7 Å². The molecule has 154 valence electrons. The lowest BCUT2D eigenvalue weighted by molar-refractivity contribution is -0.274. The molecule has 2 aromatic carbocycles. The molecule has 2 aliphatic heterocycles. The zero-order valence-corrected chi connectivity index (χ0v) is 15.9. The van der Waals surface area contributed by atoms with Crippen molar-refractivity contribution < 1.29 is 31.1 Å². The number of benzene rings is 2. The normalized spacial score (nSPS) is 16.4. The van der Waals surface area contributed by atoms with E-state index in [1.54, 1.807) is 17.0 Å². The van der Waals surface area contributed by atoms with Crippen molar-refractivity contribution in [2.75, 3.05) is 16.2 Å². The fourth-order valence-electron chi connectivity index (χ4n) is 3.75. The van der Waals surface area contributed by atoms with E-state index in [2.05, 4.69) is 9.46 Å². The number of nitrogens with one attached hydrogen (secondary N) is 1. The molecule has 2 aromatic rings. The second-order valence-electron chi connectivity index (χ2n) is 6.92. The van der Waals surface area contributed by atoms with Gasteiger partial charge < -0.3 is 9.64 Å². The fraction of sp³-hybridized carbons (Fsp3) is 0.316. The molecule has 0 unspecified atom stereocenters. The summed E-state index contributed by atoms with van der Waals surface area (Å²) < 4.78 is 68.3. The van der Waals surface area contributed by atoms with Gasteiger partial charge in [-0.25, -0.2) is 8.42 Å². The van der Waals surface area contributed by atoms with Gasteiger partial charge in [-0.2, -0.15) is 0 Å². The third kappa shape index (κ3) is 4.02. The third-order valence-corrected chi connectivity index (χ3v) is 6.29. The summed E-state index contributed by atoms with van der Waals surface area (Å²) in [5.74, 6) is -0.424. The molecule has 2 aliphatic rings. The van der Waals surface area contributed by atoms with Crippen LogP contribution < -0.4 is 14.4 Å². The van der Waals surface area contributed by atoms with E-state index in [0.717, 1.165) is 53.9 Å². The van der Waals surface area contributed by atoms with Gasteiger partial charge in [0, 0.05) is 18.7 Å². The molecule has 0 aromatic heterocycles. The molecule has 10 heteroatoms. The largest absolute Gasteiger partial charge is 0.573 e. The van der Waals surface area contributed by atoms with Gasteiger partial charge >= 0.3 is 6.36 Å². The molecule has 1 amide bonds. The first-order chi connectivity index (χ1) is 13.6. The van der Waals surface area contributed by atoms with Gasteiger partial charge in [0.05, 0.1) is 10.6 Å². The number of halogens is 3. The van der Waals surface area contributed by atoms with E-state index in [0.29, 0.717) is 25.1 Å². The van der Waals surface area contributed by atoms with Crippen LogP contribution in [0.15, 0.2) is 41.3 Å². The SMILES string of the molecule is O=C1CCc2cc(NS(=O)(=O)c3ccc(OC(F)(F)F)cc3)cc3c2N1CCC3. The Kier molecular flexibility index (Phi) is 4.68. The maximum Gasteiger partial charge on any atom is 0.573 e. The van der Waals surface area contributed by atoms with Crippen LogP contribution in [0.2, 0.25) is 0 Å². The molecule has 29 heavy (non-hydrogen) atoms. The minimum Gasteiger partial charge on any atom is -0.406 e. The van der Waals surface area contributed by atoms with Crippen LogP contribution in [-0.2, 0) is 27.7 Å². The molecule has 0 fully saturated rings. The molecule has 0 aliphatic carbocycles. The number of rotatable bonds is 4. The van der Waals surface area contributed by atoms with E-state index < -0.39 is 22.1 Å². The lowest BCUT2D eigenvalue weighted by Gasteiger charge is -2.35. The molecule has 0 bridgehead atoms. The van der Waals surface area contributed by atoms with Crippen LogP contribution in [0.4, 0.5) is 24.5 Å². The number of alkyl halides is 3. The van der Waals surface area contributed by atoms with Gasteiger partial charge in [-0.3, -0.25) is 9.52 Å². The maximum atomic E-state index is 12.7. The minimum absolute atomic E-state index is 0.0768. The lowest BCUT2D eigenvalue weighted by atomic mass is 9.91. The first-order valence-corrected chi connectivity index (χ1v) is 10.5. The standard InChI is InChI=1S/C19H17F3N2O4S/c20-19(21,22)28-15-4-6-16(7-5-15)29(26,27)23-14-10-12-2-1-9-24-17(25)8-3-13(11-14)18(12)24/h4-7,10-11,23H,1-3,8-9H2. The Morgan fingerprint density at radius 3 is 2.31 bits per heavy atom. The second kappa shape index (κ2) is 6.94. The van der Waals surface area contributed by atoms with Gasteiger partial charge in [0.1, 0.15) is 5.75 Å². The predicted octanol–water partition coefficient (Wildman–Crippen LogP) is 3.61. The zero-order valence-electron chi connectivity index (χ0n) is 15.1. The lowest BCUT2D eigenvalue weighted by Crippen LogP contribution is -2.39. The highest BCUT2D eigenvalue weighted by molar-refractivity contribution is 7.92. The van der Waals surface area contributed by atoms with Crippen LogP contribution in [0, 0.1) is 0 Å². The average Bonchev–Trinajstić information content (AvgIpc) is 2.63. The highest BCUT2D eigenvalue weighted by Crippen LogP contribution is 2.38. The number of hydrogen-bond donors (Lipinski definition) is 1. The Balaban J connectivity index is 1.60. The monoisotopic (exact) mass is 426 g/mol. The van der Waals surface area contributed by atoms with Crippen LogP contribution in [0.1, 0.15) is 24.0 Å². The Hall–Kier alpha value is -2.75. The van der Waals surface area contributed by atoms with Crippen molar-refractivity contribution in [3.05, 3.63) is 47.5 Å². The van der Waals surface area contributed by atoms with Crippen molar-refractivity contribution in [1.29, 1.82) is 0 Å². The summed E-state index contributed by atoms with van der Waals surface area (Å²) in [6.45, 7) is 0.663. The molecule has 2 heterocycles. The van der Waals surface area contributed by atoms with Crippen LogP contribution >= 0.6 is 0 Å². The number of nitrogens with zero attached hydrogens (tertiary/aromatic N) is 1. The number of ether oxygens (including phenoxy) is 1. The van der Waals surface area contributed by atoms with Gasteiger partial charge in [-0.1, -0.05) is 0 Å². The first-order valence-electron chi connectivity index (χ1n) is 8.97. The van der Waals surface area contributed by atoms with Gasteiger partial charge in [0.2, 0.25) is 5.91 Å². The van der Waals surface area contributed by atoms with Gasteiger partial charge in [-0.05, 0) is 66.8 Å².